The molecular weight excluding hydrogens is 285 g/mol. The average molecular weight is 295 g/mol. The summed E-state index contributed by atoms with van der Waals surface area (Å²) in [6, 6.07) is 2.92. The predicted octanol–water partition coefficient (Wildman–Crippen LogP) is 3.22. The van der Waals surface area contributed by atoms with Crippen molar-refractivity contribution in [2.24, 2.45) is 5.92 Å². The molecule has 0 fully saturated rings. The molecule has 3 nitrogen and oxygen atoms in total. The van der Waals surface area contributed by atoms with Crippen LogP contribution in [-0.4, -0.2) is 23.4 Å². The first kappa shape index (κ1) is 14.0. The summed E-state index contributed by atoms with van der Waals surface area (Å²) in [5.41, 5.74) is 0.846. The Morgan fingerprint density at radius 3 is 2.63 bits per heavy atom. The zero-order valence-corrected chi connectivity index (χ0v) is 10.5. The molecule has 2 atom stereocenters. The summed E-state index contributed by atoms with van der Waals surface area (Å²) in [4.78, 5) is 11.0. The molecule has 2 unspecified atom stereocenters. The van der Waals surface area contributed by atoms with Gasteiger partial charge in [0.25, 0.3) is 0 Å². The van der Waals surface area contributed by atoms with Gasteiger partial charge in [-0.25, -0.2) is 0 Å². The zero-order valence-electron chi connectivity index (χ0n) is 9.79. The van der Waals surface area contributed by atoms with Crippen LogP contribution in [0, 0.1) is 12.8 Å². The fourth-order valence-corrected chi connectivity index (χ4v) is 2.48. The van der Waals surface area contributed by atoms with Crippen LogP contribution in [0.3, 0.4) is 0 Å². The molecule has 1 aromatic rings. The zero-order chi connectivity index (χ0) is 14.4. The van der Waals surface area contributed by atoms with E-state index in [-0.39, 0.29) is 12.2 Å². The van der Waals surface area contributed by atoms with Crippen LogP contribution in [-0.2, 0) is 11.2 Å². The van der Waals surface area contributed by atoms with Crippen LogP contribution in [0.1, 0.15) is 11.1 Å². The number of benzene rings is 1. The Morgan fingerprint density at radius 1 is 1.47 bits per heavy atom. The van der Waals surface area contributed by atoms with Crippen molar-refractivity contribution >= 4 is 17.6 Å². The number of carboxylic acids is 1. The smallest absolute Gasteiger partial charge is 0.426 e. The molecule has 1 aliphatic rings. The molecule has 19 heavy (non-hydrogen) atoms. The number of aliphatic carboxylic acids is 1. The van der Waals surface area contributed by atoms with E-state index < -0.39 is 24.2 Å². The predicted molar refractivity (Wildman–Crippen MR) is 61.5 cm³/mol. The first-order valence-corrected chi connectivity index (χ1v) is 5.83. The number of carboxylic acid groups (broad SMARTS) is 1. The highest BCUT2D eigenvalue weighted by atomic mass is 35.5. The van der Waals surface area contributed by atoms with Gasteiger partial charge in [-0.15, -0.1) is 0 Å². The first-order valence-electron chi connectivity index (χ1n) is 5.45. The molecule has 0 aliphatic carbocycles. The number of halogens is 4. The van der Waals surface area contributed by atoms with Crippen LogP contribution < -0.4 is 4.74 Å². The van der Waals surface area contributed by atoms with Crippen LogP contribution in [0.25, 0.3) is 0 Å². The Balaban J connectivity index is 2.48. The molecule has 0 spiro atoms. The molecule has 1 aliphatic heterocycles. The molecular formula is C12H10ClF3O3. The number of fused-ring (bicyclic) bond motifs is 1. The molecule has 0 bridgehead atoms. The summed E-state index contributed by atoms with van der Waals surface area (Å²) in [5.74, 6) is -3.12. The van der Waals surface area contributed by atoms with E-state index in [1.807, 2.05) is 0 Å². The van der Waals surface area contributed by atoms with E-state index in [1.165, 1.54) is 12.1 Å². The summed E-state index contributed by atoms with van der Waals surface area (Å²) in [6.07, 6.45) is -7.32. The highest BCUT2D eigenvalue weighted by Gasteiger charge is 2.52. The molecule has 1 N–H and O–H groups in total. The minimum atomic E-state index is -4.73. The second-order valence-corrected chi connectivity index (χ2v) is 4.88. The standard InChI is InChI=1S/C12H10ClF3O3/c1-5-2-7(13)3-6-4-8(11(17)18)10(12(14,15)16)19-9(5)6/h2-3,8,10H,4H2,1H3,(H,17,18). The lowest BCUT2D eigenvalue weighted by Crippen LogP contribution is -2.47. The van der Waals surface area contributed by atoms with Gasteiger partial charge in [-0.3, -0.25) is 4.79 Å². The molecule has 0 radical (unpaired) electrons. The maximum absolute atomic E-state index is 12.8. The van der Waals surface area contributed by atoms with Gasteiger partial charge in [-0.2, -0.15) is 13.2 Å². The van der Waals surface area contributed by atoms with Gasteiger partial charge < -0.3 is 9.84 Å². The Bertz CT molecular complexity index is 528. The third kappa shape index (κ3) is 2.63. The summed E-state index contributed by atoms with van der Waals surface area (Å²) >= 11 is 5.81. The highest BCUT2D eigenvalue weighted by molar-refractivity contribution is 6.30. The van der Waals surface area contributed by atoms with Gasteiger partial charge in [-0.1, -0.05) is 11.6 Å². The van der Waals surface area contributed by atoms with Gasteiger partial charge in [-0.05, 0) is 36.6 Å². The van der Waals surface area contributed by atoms with E-state index in [9.17, 15) is 18.0 Å². The van der Waals surface area contributed by atoms with Gasteiger partial charge in [0, 0.05) is 5.02 Å². The molecule has 1 aromatic carbocycles. The lowest BCUT2D eigenvalue weighted by atomic mass is 9.89. The Hall–Kier alpha value is -1.43. The molecule has 0 aromatic heterocycles. The van der Waals surface area contributed by atoms with Gasteiger partial charge >= 0.3 is 12.1 Å². The lowest BCUT2D eigenvalue weighted by molar-refractivity contribution is -0.217. The SMILES string of the molecule is Cc1cc(Cl)cc2c1OC(C(F)(F)F)C(C(=O)O)C2. The first-order chi connectivity index (χ1) is 8.70. The van der Waals surface area contributed by atoms with Gasteiger partial charge in [0.05, 0.1) is 0 Å². The maximum atomic E-state index is 12.8. The van der Waals surface area contributed by atoms with Crippen LogP contribution in [0.15, 0.2) is 12.1 Å². The van der Waals surface area contributed by atoms with Crippen LogP contribution in [0.5, 0.6) is 5.75 Å². The summed E-state index contributed by atoms with van der Waals surface area (Å²) in [6.45, 7) is 1.57. The van der Waals surface area contributed by atoms with E-state index in [0.717, 1.165) is 0 Å². The third-order valence-corrected chi connectivity index (χ3v) is 3.22. The lowest BCUT2D eigenvalue weighted by Gasteiger charge is -2.33. The topological polar surface area (TPSA) is 46.5 Å². The maximum Gasteiger partial charge on any atom is 0.426 e. The van der Waals surface area contributed by atoms with Crippen molar-refractivity contribution in [1.29, 1.82) is 0 Å². The van der Waals surface area contributed by atoms with E-state index in [1.54, 1.807) is 6.92 Å². The fraction of sp³-hybridized carbons (Fsp3) is 0.417. The number of ether oxygens (including phenoxy) is 1. The van der Waals surface area contributed by atoms with E-state index in [2.05, 4.69) is 0 Å². The molecule has 7 heteroatoms. The van der Waals surface area contributed by atoms with E-state index in [4.69, 9.17) is 21.4 Å². The minimum Gasteiger partial charge on any atom is -0.481 e. The molecule has 1 heterocycles. The second kappa shape index (κ2) is 4.59. The number of carbonyl (C=O) groups is 1. The Morgan fingerprint density at radius 2 is 2.11 bits per heavy atom. The van der Waals surface area contributed by atoms with Crippen LogP contribution >= 0.6 is 11.6 Å². The third-order valence-electron chi connectivity index (χ3n) is 3.01. The second-order valence-electron chi connectivity index (χ2n) is 4.44. The summed E-state index contributed by atoms with van der Waals surface area (Å²) in [5, 5.41) is 9.27. The van der Waals surface area contributed by atoms with Crippen molar-refractivity contribution < 1.29 is 27.8 Å². The van der Waals surface area contributed by atoms with Crippen LogP contribution in [0.2, 0.25) is 5.02 Å². The monoisotopic (exact) mass is 294 g/mol. The normalized spacial score (nSPS) is 22.6. The summed E-state index contributed by atoms with van der Waals surface area (Å²) in [7, 11) is 0. The van der Waals surface area contributed by atoms with Crippen molar-refractivity contribution in [3.05, 3.63) is 28.3 Å². The summed E-state index contributed by atoms with van der Waals surface area (Å²) < 4.78 is 43.4. The van der Waals surface area contributed by atoms with E-state index in [0.29, 0.717) is 16.1 Å². The number of hydrogen-bond donors (Lipinski definition) is 1. The number of alkyl halides is 3. The number of rotatable bonds is 1. The van der Waals surface area contributed by atoms with Gasteiger partial charge in [0.1, 0.15) is 11.7 Å². The van der Waals surface area contributed by atoms with Crippen molar-refractivity contribution in [2.45, 2.75) is 25.6 Å². The molecule has 0 saturated carbocycles. The average Bonchev–Trinajstić information content (AvgIpc) is 2.25. The minimum absolute atomic E-state index is 0.0734. The fourth-order valence-electron chi connectivity index (χ4n) is 2.18. The molecule has 104 valence electrons. The van der Waals surface area contributed by atoms with Crippen molar-refractivity contribution in [1.82, 2.24) is 0 Å². The van der Waals surface area contributed by atoms with Crippen molar-refractivity contribution in [2.75, 3.05) is 0 Å². The molecule has 2 rings (SSSR count). The highest BCUT2D eigenvalue weighted by Crippen LogP contribution is 2.41. The number of hydrogen-bond acceptors (Lipinski definition) is 2. The Labute approximate surface area is 111 Å². The van der Waals surface area contributed by atoms with Crippen LogP contribution in [0.4, 0.5) is 13.2 Å². The quantitative estimate of drug-likeness (QED) is 0.865. The molecule has 0 amide bonds. The van der Waals surface area contributed by atoms with Gasteiger partial charge in [0.15, 0.2) is 0 Å². The number of aryl methyl sites for hydroxylation is 1. The van der Waals surface area contributed by atoms with E-state index >= 15 is 0 Å². The largest absolute Gasteiger partial charge is 0.481 e. The van der Waals surface area contributed by atoms with Crippen molar-refractivity contribution in [3.63, 3.8) is 0 Å². The molecule has 0 saturated heterocycles. The van der Waals surface area contributed by atoms with Crippen molar-refractivity contribution in [3.8, 4) is 5.75 Å². The van der Waals surface area contributed by atoms with Gasteiger partial charge in [0.2, 0.25) is 6.10 Å². The Kier molecular flexibility index (Phi) is 3.38.